The molecule has 90 valence electrons. The number of H-pyrrole nitrogens is 1. The Kier molecular flexibility index (Phi) is 3.29. The molecular weight excluding hydrogens is 210 g/mol. The van der Waals surface area contributed by atoms with Gasteiger partial charge in [-0.2, -0.15) is 5.10 Å². The molecule has 17 heavy (non-hydrogen) atoms. The molecule has 0 spiro atoms. The van der Waals surface area contributed by atoms with Crippen molar-refractivity contribution in [2.75, 3.05) is 7.05 Å². The molecule has 1 aromatic heterocycles. The van der Waals surface area contributed by atoms with Crippen molar-refractivity contribution in [3.05, 3.63) is 52.3 Å². The number of aromatic amines is 1. The second kappa shape index (κ2) is 4.72. The van der Waals surface area contributed by atoms with E-state index in [2.05, 4.69) is 48.4 Å². The summed E-state index contributed by atoms with van der Waals surface area (Å²) >= 11 is 0. The smallest absolute Gasteiger partial charge is 0.0610 e. The maximum absolute atomic E-state index is 4.03. The van der Waals surface area contributed by atoms with Crippen molar-refractivity contribution >= 4 is 0 Å². The van der Waals surface area contributed by atoms with Crippen LogP contribution in [0.25, 0.3) is 0 Å². The molecule has 0 aliphatic carbocycles. The highest BCUT2D eigenvalue weighted by Gasteiger charge is 2.17. The van der Waals surface area contributed by atoms with Gasteiger partial charge in [-0.3, -0.25) is 5.10 Å². The summed E-state index contributed by atoms with van der Waals surface area (Å²) in [7, 11) is 1.98. The lowest BCUT2D eigenvalue weighted by atomic mass is 9.91. The minimum absolute atomic E-state index is 0.203. The van der Waals surface area contributed by atoms with E-state index < -0.39 is 0 Å². The molecule has 0 bridgehead atoms. The normalized spacial score (nSPS) is 12.7. The van der Waals surface area contributed by atoms with E-state index in [1.165, 1.54) is 27.8 Å². The molecule has 2 rings (SSSR count). The zero-order valence-corrected chi connectivity index (χ0v) is 10.8. The van der Waals surface area contributed by atoms with Gasteiger partial charge in [0.25, 0.3) is 0 Å². The highest BCUT2D eigenvalue weighted by molar-refractivity contribution is 5.43. The van der Waals surface area contributed by atoms with Crippen molar-refractivity contribution in [3.63, 3.8) is 0 Å². The maximum Gasteiger partial charge on any atom is 0.0610 e. The topological polar surface area (TPSA) is 40.7 Å². The van der Waals surface area contributed by atoms with Gasteiger partial charge in [-0.15, -0.1) is 0 Å². The van der Waals surface area contributed by atoms with Gasteiger partial charge in [0.05, 0.1) is 12.2 Å². The predicted molar refractivity (Wildman–Crippen MR) is 70.1 cm³/mol. The van der Waals surface area contributed by atoms with Gasteiger partial charge in [0.15, 0.2) is 0 Å². The van der Waals surface area contributed by atoms with Crippen LogP contribution in [-0.4, -0.2) is 17.2 Å². The SMILES string of the molecule is CNC(c1cn[nH]c1)c1c(C)cc(C)cc1C. The van der Waals surface area contributed by atoms with Crippen molar-refractivity contribution in [1.29, 1.82) is 0 Å². The van der Waals surface area contributed by atoms with E-state index in [9.17, 15) is 0 Å². The Hall–Kier alpha value is -1.61. The molecule has 1 heterocycles. The van der Waals surface area contributed by atoms with Crippen LogP contribution < -0.4 is 5.32 Å². The van der Waals surface area contributed by atoms with Crippen LogP contribution in [0.2, 0.25) is 0 Å². The van der Waals surface area contributed by atoms with Gasteiger partial charge >= 0.3 is 0 Å². The minimum atomic E-state index is 0.203. The van der Waals surface area contributed by atoms with E-state index in [1.54, 1.807) is 0 Å². The Morgan fingerprint density at radius 3 is 2.29 bits per heavy atom. The third kappa shape index (κ3) is 2.24. The summed E-state index contributed by atoms with van der Waals surface area (Å²) < 4.78 is 0. The number of hydrogen-bond acceptors (Lipinski definition) is 2. The minimum Gasteiger partial charge on any atom is -0.309 e. The van der Waals surface area contributed by atoms with Crippen LogP contribution in [0.4, 0.5) is 0 Å². The zero-order valence-electron chi connectivity index (χ0n) is 10.8. The molecular formula is C14H19N3. The lowest BCUT2D eigenvalue weighted by Crippen LogP contribution is -2.19. The summed E-state index contributed by atoms with van der Waals surface area (Å²) in [5.41, 5.74) is 6.47. The molecule has 3 heteroatoms. The maximum atomic E-state index is 4.03. The van der Waals surface area contributed by atoms with Gasteiger partial charge in [-0.25, -0.2) is 0 Å². The van der Waals surface area contributed by atoms with Crippen LogP contribution in [0, 0.1) is 20.8 Å². The van der Waals surface area contributed by atoms with Crippen molar-refractivity contribution in [3.8, 4) is 0 Å². The fraction of sp³-hybridized carbons (Fsp3) is 0.357. The number of hydrogen-bond donors (Lipinski definition) is 2. The lowest BCUT2D eigenvalue weighted by Gasteiger charge is -2.20. The van der Waals surface area contributed by atoms with Gasteiger partial charge in [-0.05, 0) is 44.5 Å². The quantitative estimate of drug-likeness (QED) is 0.849. The molecule has 1 unspecified atom stereocenters. The number of aryl methyl sites for hydroxylation is 3. The van der Waals surface area contributed by atoms with E-state index in [0.717, 1.165) is 0 Å². The first-order valence-corrected chi connectivity index (χ1v) is 5.87. The van der Waals surface area contributed by atoms with E-state index in [1.807, 2.05) is 19.4 Å². The Balaban J connectivity index is 2.52. The number of nitrogens with one attached hydrogen (secondary N) is 2. The van der Waals surface area contributed by atoms with E-state index >= 15 is 0 Å². The van der Waals surface area contributed by atoms with E-state index in [-0.39, 0.29) is 6.04 Å². The highest BCUT2D eigenvalue weighted by atomic mass is 15.1. The molecule has 0 saturated heterocycles. The van der Waals surface area contributed by atoms with Crippen molar-refractivity contribution in [2.45, 2.75) is 26.8 Å². The Morgan fingerprint density at radius 1 is 1.18 bits per heavy atom. The van der Waals surface area contributed by atoms with Gasteiger partial charge in [0.1, 0.15) is 0 Å². The molecule has 2 N–H and O–H groups in total. The molecule has 0 aliphatic rings. The predicted octanol–water partition coefficient (Wildman–Crippen LogP) is 2.64. The third-order valence-electron chi connectivity index (χ3n) is 3.17. The molecule has 3 nitrogen and oxygen atoms in total. The number of rotatable bonds is 3. The summed E-state index contributed by atoms with van der Waals surface area (Å²) in [6, 6.07) is 4.66. The summed E-state index contributed by atoms with van der Waals surface area (Å²) in [4.78, 5) is 0. The second-order valence-corrected chi connectivity index (χ2v) is 4.57. The van der Waals surface area contributed by atoms with Crippen LogP contribution in [-0.2, 0) is 0 Å². The van der Waals surface area contributed by atoms with E-state index in [0.29, 0.717) is 0 Å². The number of aromatic nitrogens is 2. The first kappa shape index (κ1) is 11.9. The first-order chi connectivity index (χ1) is 8.13. The Labute approximate surface area is 102 Å². The van der Waals surface area contributed by atoms with Gasteiger partial charge in [0.2, 0.25) is 0 Å². The fourth-order valence-corrected chi connectivity index (χ4v) is 2.54. The summed E-state index contributed by atoms with van der Waals surface area (Å²) in [5.74, 6) is 0. The van der Waals surface area contributed by atoms with Crippen LogP contribution in [0.5, 0.6) is 0 Å². The molecule has 0 fully saturated rings. The summed E-state index contributed by atoms with van der Waals surface area (Å²) in [5, 5.41) is 10.3. The zero-order chi connectivity index (χ0) is 12.4. The molecule has 0 amide bonds. The number of benzene rings is 1. The highest BCUT2D eigenvalue weighted by Crippen LogP contribution is 2.27. The molecule has 2 aromatic rings. The molecule has 0 aliphatic heterocycles. The summed E-state index contributed by atoms with van der Waals surface area (Å²) in [6.07, 6.45) is 3.82. The number of nitrogens with zero attached hydrogens (tertiary/aromatic N) is 1. The van der Waals surface area contributed by atoms with Gasteiger partial charge in [-0.1, -0.05) is 17.7 Å². The van der Waals surface area contributed by atoms with Crippen LogP contribution in [0.1, 0.15) is 33.9 Å². The molecule has 1 aromatic carbocycles. The third-order valence-corrected chi connectivity index (χ3v) is 3.17. The average molecular weight is 229 g/mol. The summed E-state index contributed by atoms with van der Waals surface area (Å²) in [6.45, 7) is 6.47. The van der Waals surface area contributed by atoms with Gasteiger partial charge < -0.3 is 5.32 Å². The van der Waals surface area contributed by atoms with Crippen molar-refractivity contribution in [2.24, 2.45) is 0 Å². The molecule has 0 saturated carbocycles. The van der Waals surface area contributed by atoms with Crippen molar-refractivity contribution < 1.29 is 0 Å². The molecule has 1 atom stereocenters. The van der Waals surface area contributed by atoms with Crippen LogP contribution in [0.15, 0.2) is 24.5 Å². The van der Waals surface area contributed by atoms with Gasteiger partial charge in [0, 0.05) is 11.8 Å². The van der Waals surface area contributed by atoms with E-state index in [4.69, 9.17) is 0 Å². The monoisotopic (exact) mass is 229 g/mol. The largest absolute Gasteiger partial charge is 0.309 e. The first-order valence-electron chi connectivity index (χ1n) is 5.87. The Bertz CT molecular complexity index is 477. The standard InChI is InChI=1S/C14H19N3/c1-9-5-10(2)13(11(3)6-9)14(15-4)12-7-16-17-8-12/h5-8,14-15H,1-4H3,(H,16,17). The average Bonchev–Trinajstić information content (AvgIpc) is 2.76. The lowest BCUT2D eigenvalue weighted by molar-refractivity contribution is 0.683. The molecule has 0 radical (unpaired) electrons. The second-order valence-electron chi connectivity index (χ2n) is 4.57. The Morgan fingerprint density at radius 2 is 1.82 bits per heavy atom. The fourth-order valence-electron chi connectivity index (χ4n) is 2.54. The van der Waals surface area contributed by atoms with Crippen LogP contribution in [0.3, 0.4) is 0 Å². The van der Waals surface area contributed by atoms with Crippen molar-refractivity contribution in [1.82, 2.24) is 15.5 Å². The van der Waals surface area contributed by atoms with Crippen LogP contribution >= 0.6 is 0 Å².